The summed E-state index contributed by atoms with van der Waals surface area (Å²) in [6.07, 6.45) is 1.32. The highest BCUT2D eigenvalue weighted by molar-refractivity contribution is 5.91. The molecule has 2 saturated heterocycles. The maximum atomic E-state index is 13.1. The second-order valence-corrected chi connectivity index (χ2v) is 9.90. The smallest absolute Gasteiger partial charge is 0.338 e. The Balaban J connectivity index is 1.44. The van der Waals surface area contributed by atoms with E-state index in [2.05, 4.69) is 0 Å². The number of methoxy groups -OCH3 is 6. The number of esters is 2. The summed E-state index contributed by atoms with van der Waals surface area (Å²) in [4.78, 5) is 27.9. The van der Waals surface area contributed by atoms with Gasteiger partial charge in [-0.15, -0.1) is 0 Å². The lowest BCUT2D eigenvalue weighted by Gasteiger charge is -2.36. The number of aliphatic hydroxyl groups excluding tert-OH is 1. The number of carbonyl (C=O) groups excluding carboxylic acids is 2. The average Bonchev–Trinajstić information content (AvgIpc) is 3.12. The summed E-state index contributed by atoms with van der Waals surface area (Å²) in [5.74, 6) is 1.14. The Labute approximate surface area is 244 Å². The van der Waals surface area contributed by atoms with Gasteiger partial charge in [-0.1, -0.05) is 0 Å². The minimum atomic E-state index is -0.955. The molecule has 2 aromatic rings. The number of ether oxygens (including phenoxy) is 8. The van der Waals surface area contributed by atoms with Crippen LogP contribution in [0.4, 0.5) is 0 Å². The van der Waals surface area contributed by atoms with Crippen molar-refractivity contribution in [1.29, 1.82) is 0 Å². The Morgan fingerprint density at radius 1 is 0.762 bits per heavy atom. The van der Waals surface area contributed by atoms with Crippen molar-refractivity contribution in [2.75, 3.05) is 49.7 Å². The van der Waals surface area contributed by atoms with E-state index >= 15 is 0 Å². The third-order valence-electron chi connectivity index (χ3n) is 7.69. The van der Waals surface area contributed by atoms with Crippen LogP contribution in [0.25, 0.3) is 6.08 Å². The molecule has 2 unspecified atom stereocenters. The van der Waals surface area contributed by atoms with Gasteiger partial charge in [0.15, 0.2) is 23.0 Å². The molecule has 4 rings (SSSR count). The predicted octanol–water partition coefficient (Wildman–Crippen LogP) is 2.73. The van der Waals surface area contributed by atoms with Crippen LogP contribution in [0.15, 0.2) is 30.3 Å². The first-order valence-corrected chi connectivity index (χ1v) is 13.3. The highest BCUT2D eigenvalue weighted by atomic mass is 16.6. The fraction of sp³-hybridized carbons (Fsp3) is 0.467. The van der Waals surface area contributed by atoms with E-state index < -0.39 is 30.3 Å². The molecule has 2 heterocycles. The Bertz CT molecular complexity index is 1280. The van der Waals surface area contributed by atoms with Crippen LogP contribution in [0, 0.1) is 0 Å². The number of rotatable bonds is 11. The van der Waals surface area contributed by atoms with Crippen LogP contribution in [0.3, 0.4) is 0 Å². The van der Waals surface area contributed by atoms with Crippen LogP contribution < -0.4 is 28.4 Å². The number of fused-ring (bicyclic) bond motifs is 2. The summed E-state index contributed by atoms with van der Waals surface area (Å²) in [5.41, 5.74) is 0.860. The largest absolute Gasteiger partial charge is 0.493 e. The molecular weight excluding hydrogens is 550 g/mol. The molecule has 0 saturated carbocycles. The summed E-state index contributed by atoms with van der Waals surface area (Å²) >= 11 is 0. The highest BCUT2D eigenvalue weighted by Gasteiger charge is 2.53. The third kappa shape index (κ3) is 6.04. The van der Waals surface area contributed by atoms with Crippen molar-refractivity contribution in [2.24, 2.45) is 0 Å². The number of hydrogen-bond acceptors (Lipinski definition) is 12. The van der Waals surface area contributed by atoms with Gasteiger partial charge in [0.2, 0.25) is 11.5 Å². The lowest BCUT2D eigenvalue weighted by molar-refractivity contribution is -0.148. The molecule has 2 aliphatic heterocycles. The number of nitrogens with zero attached hydrogens (tertiary/aromatic N) is 1. The molecule has 0 amide bonds. The molecule has 2 aromatic carbocycles. The van der Waals surface area contributed by atoms with Crippen molar-refractivity contribution in [2.45, 2.75) is 43.2 Å². The summed E-state index contributed by atoms with van der Waals surface area (Å²) in [6, 6.07) is 5.72. The zero-order valence-corrected chi connectivity index (χ0v) is 24.7. The van der Waals surface area contributed by atoms with E-state index in [1.165, 1.54) is 60.9 Å². The van der Waals surface area contributed by atoms with Crippen LogP contribution in [0.2, 0.25) is 0 Å². The average molecular weight is 588 g/mol. The first-order valence-electron chi connectivity index (χ1n) is 13.3. The van der Waals surface area contributed by atoms with Crippen molar-refractivity contribution < 1.29 is 52.6 Å². The molecule has 1 N–H and O–H groups in total. The SMILES string of the molecule is COc1cc(/C=C/C(=O)O[C@H]2C3C[C@@H](OC(=O)c4cc(OC)c(OC)c(OC)c4)CC([C@@H]2O)N3C)cc(OC)c1OC. The van der Waals surface area contributed by atoms with E-state index in [4.69, 9.17) is 37.9 Å². The summed E-state index contributed by atoms with van der Waals surface area (Å²) < 4.78 is 43.6. The van der Waals surface area contributed by atoms with Crippen molar-refractivity contribution in [3.63, 3.8) is 0 Å². The van der Waals surface area contributed by atoms with Gasteiger partial charge >= 0.3 is 11.9 Å². The Kier molecular flexibility index (Phi) is 9.69. The van der Waals surface area contributed by atoms with Gasteiger partial charge < -0.3 is 43.0 Å². The van der Waals surface area contributed by atoms with Crippen LogP contribution >= 0.6 is 0 Å². The first-order chi connectivity index (χ1) is 20.2. The second-order valence-electron chi connectivity index (χ2n) is 9.90. The molecule has 0 radical (unpaired) electrons. The van der Waals surface area contributed by atoms with Crippen molar-refractivity contribution in [3.8, 4) is 34.5 Å². The molecule has 0 aromatic heterocycles. The molecule has 5 atom stereocenters. The normalized spacial score (nSPS) is 23.3. The molecule has 0 aliphatic carbocycles. The van der Waals surface area contributed by atoms with Crippen LogP contribution in [-0.2, 0) is 14.3 Å². The van der Waals surface area contributed by atoms with Gasteiger partial charge in [0.1, 0.15) is 18.3 Å². The Hall–Kier alpha value is -4.16. The number of benzene rings is 2. The number of aliphatic hydroxyl groups is 1. The van der Waals surface area contributed by atoms with Crippen molar-refractivity contribution >= 4 is 18.0 Å². The maximum Gasteiger partial charge on any atom is 0.338 e. The first kappa shape index (κ1) is 30.8. The number of carbonyl (C=O) groups is 2. The van der Waals surface area contributed by atoms with Crippen LogP contribution in [-0.4, -0.2) is 102 Å². The fourth-order valence-electron chi connectivity index (χ4n) is 5.60. The third-order valence-corrected chi connectivity index (χ3v) is 7.69. The highest BCUT2D eigenvalue weighted by Crippen LogP contribution is 2.41. The number of hydrogen-bond donors (Lipinski definition) is 1. The standard InChI is InChI=1S/C30H37NO11/c1-31-19-14-18(41-30(34)17-12-23(37-4)29(40-7)24(13-17)38-5)15-20(31)27(26(19)33)42-25(32)9-8-16-10-21(35-2)28(39-6)22(11-16)36-3/h8-13,18-20,26-27,33H,14-15H2,1-7H3/b9-8+/t18-,19?,20?,26-,27-/m0/s1. The molecule has 2 aliphatic rings. The van der Waals surface area contributed by atoms with E-state index in [0.717, 1.165) is 0 Å². The zero-order chi connectivity index (χ0) is 30.6. The molecule has 42 heavy (non-hydrogen) atoms. The van der Waals surface area contributed by atoms with Gasteiger partial charge in [0, 0.05) is 25.0 Å². The topological polar surface area (TPSA) is 131 Å². The molecule has 228 valence electrons. The summed E-state index contributed by atoms with van der Waals surface area (Å²) in [7, 11) is 10.8. The number of likely N-dealkylation sites (N-methyl/N-ethyl adjacent to an activating group) is 1. The molecule has 2 fully saturated rings. The van der Waals surface area contributed by atoms with Gasteiger partial charge in [-0.2, -0.15) is 0 Å². The molecule has 0 spiro atoms. The molecule has 2 bridgehead atoms. The van der Waals surface area contributed by atoms with Crippen molar-refractivity contribution in [1.82, 2.24) is 4.90 Å². The fourth-order valence-corrected chi connectivity index (χ4v) is 5.60. The van der Waals surface area contributed by atoms with Gasteiger partial charge in [-0.3, -0.25) is 4.90 Å². The zero-order valence-electron chi connectivity index (χ0n) is 24.7. The predicted molar refractivity (Wildman–Crippen MR) is 151 cm³/mol. The van der Waals surface area contributed by atoms with E-state index in [1.807, 2.05) is 11.9 Å². The monoisotopic (exact) mass is 587 g/mol. The van der Waals surface area contributed by atoms with Crippen LogP contribution in [0.1, 0.15) is 28.8 Å². The van der Waals surface area contributed by atoms with Crippen LogP contribution in [0.5, 0.6) is 34.5 Å². The summed E-state index contributed by atoms with van der Waals surface area (Å²) in [5, 5.41) is 11.0. The second kappa shape index (κ2) is 13.2. The quantitative estimate of drug-likeness (QED) is 0.306. The van der Waals surface area contributed by atoms with Gasteiger partial charge in [0.25, 0.3) is 0 Å². The van der Waals surface area contributed by atoms with Gasteiger partial charge in [-0.05, 0) is 43.0 Å². The minimum absolute atomic E-state index is 0.233. The molecule has 12 heteroatoms. The lowest BCUT2D eigenvalue weighted by Crippen LogP contribution is -2.46. The Morgan fingerprint density at radius 3 is 1.76 bits per heavy atom. The molecular formula is C30H37NO11. The van der Waals surface area contributed by atoms with E-state index in [-0.39, 0.29) is 17.6 Å². The van der Waals surface area contributed by atoms with E-state index in [9.17, 15) is 14.7 Å². The Morgan fingerprint density at radius 2 is 1.26 bits per heavy atom. The van der Waals surface area contributed by atoms with Gasteiger partial charge in [0.05, 0.1) is 54.3 Å². The molecule has 12 nitrogen and oxygen atoms in total. The maximum absolute atomic E-state index is 13.1. The van der Waals surface area contributed by atoms with Crippen molar-refractivity contribution in [3.05, 3.63) is 41.5 Å². The minimum Gasteiger partial charge on any atom is -0.493 e. The summed E-state index contributed by atoms with van der Waals surface area (Å²) in [6.45, 7) is 0. The number of piperidine rings is 1. The lowest BCUT2D eigenvalue weighted by atomic mass is 10.00. The van der Waals surface area contributed by atoms with E-state index in [1.54, 1.807) is 18.2 Å². The van der Waals surface area contributed by atoms with E-state index in [0.29, 0.717) is 52.9 Å². The van der Waals surface area contributed by atoms with Gasteiger partial charge in [-0.25, -0.2) is 9.59 Å².